The van der Waals surface area contributed by atoms with Gasteiger partial charge in [0, 0.05) is 18.7 Å². The van der Waals surface area contributed by atoms with Gasteiger partial charge >= 0.3 is 0 Å². The number of para-hydroxylation sites is 1. The Morgan fingerprint density at radius 1 is 1.24 bits per heavy atom. The summed E-state index contributed by atoms with van der Waals surface area (Å²) in [4.78, 5) is 14.7. The highest BCUT2D eigenvalue weighted by Crippen LogP contribution is 2.34. The fourth-order valence-electron chi connectivity index (χ4n) is 3.00. The van der Waals surface area contributed by atoms with Crippen molar-refractivity contribution in [1.29, 1.82) is 0 Å². The van der Waals surface area contributed by atoms with Gasteiger partial charge in [0.05, 0.1) is 36.2 Å². The van der Waals surface area contributed by atoms with E-state index in [0.717, 1.165) is 30.9 Å². The summed E-state index contributed by atoms with van der Waals surface area (Å²) in [6.45, 7) is 5.39. The number of morpholine rings is 1. The zero-order chi connectivity index (χ0) is 20.6. The number of carbonyl (C=O) groups is 1. The molecule has 0 aliphatic carbocycles. The van der Waals surface area contributed by atoms with Crippen LogP contribution in [0.3, 0.4) is 0 Å². The van der Waals surface area contributed by atoms with Crippen molar-refractivity contribution in [2.45, 2.75) is 13.3 Å². The van der Waals surface area contributed by atoms with Gasteiger partial charge in [0.2, 0.25) is 0 Å². The van der Waals surface area contributed by atoms with Crippen LogP contribution in [0.25, 0.3) is 0 Å². The van der Waals surface area contributed by atoms with Gasteiger partial charge in [-0.05, 0) is 49.0 Å². The molecule has 1 amide bonds. The van der Waals surface area contributed by atoms with E-state index >= 15 is 0 Å². The molecule has 0 spiro atoms. The number of benzene rings is 2. The highest BCUT2D eigenvalue weighted by molar-refractivity contribution is 7.80. The third kappa shape index (κ3) is 5.82. The average Bonchev–Trinajstić information content (AvgIpc) is 2.73. The van der Waals surface area contributed by atoms with Crippen LogP contribution in [-0.4, -0.2) is 43.9 Å². The fraction of sp³-hybridized carbons (Fsp3) is 0.333. The Kier molecular flexibility index (Phi) is 7.69. The lowest BCUT2D eigenvalue weighted by Gasteiger charge is -2.31. The molecule has 1 fully saturated rings. The molecule has 0 bridgehead atoms. The minimum absolute atomic E-state index is 0.201. The van der Waals surface area contributed by atoms with E-state index in [2.05, 4.69) is 15.5 Å². The van der Waals surface area contributed by atoms with Gasteiger partial charge in [-0.1, -0.05) is 30.7 Å². The van der Waals surface area contributed by atoms with Crippen LogP contribution >= 0.6 is 23.8 Å². The van der Waals surface area contributed by atoms with Crippen LogP contribution in [0.15, 0.2) is 42.5 Å². The molecule has 0 atom stereocenters. The first-order valence-corrected chi connectivity index (χ1v) is 10.3. The van der Waals surface area contributed by atoms with Gasteiger partial charge in [-0.25, -0.2) is 0 Å². The second kappa shape index (κ2) is 10.4. The first kappa shape index (κ1) is 21.4. The molecule has 1 aliphatic rings. The molecule has 0 saturated carbocycles. The van der Waals surface area contributed by atoms with E-state index in [9.17, 15) is 4.79 Å². The number of nitrogens with zero attached hydrogens (tertiary/aromatic N) is 1. The summed E-state index contributed by atoms with van der Waals surface area (Å²) in [7, 11) is 0. The number of carbonyl (C=O) groups excluding carboxylic acids is 1. The van der Waals surface area contributed by atoms with Gasteiger partial charge in [0.15, 0.2) is 5.11 Å². The summed E-state index contributed by atoms with van der Waals surface area (Å²) < 4.78 is 11.0. The maximum atomic E-state index is 12.6. The molecule has 1 saturated heterocycles. The monoisotopic (exact) mass is 433 g/mol. The smallest absolute Gasteiger partial charge is 0.257 e. The quantitative estimate of drug-likeness (QED) is 0.669. The maximum absolute atomic E-state index is 12.6. The molecule has 8 heteroatoms. The number of amides is 1. The van der Waals surface area contributed by atoms with Gasteiger partial charge < -0.3 is 19.7 Å². The van der Waals surface area contributed by atoms with Crippen molar-refractivity contribution in [3.05, 3.63) is 53.1 Å². The number of ether oxygens (including phenoxy) is 2. The zero-order valence-corrected chi connectivity index (χ0v) is 17.8. The van der Waals surface area contributed by atoms with Crippen molar-refractivity contribution in [2.24, 2.45) is 0 Å². The summed E-state index contributed by atoms with van der Waals surface area (Å²) >= 11 is 11.8. The summed E-state index contributed by atoms with van der Waals surface area (Å²) in [6.07, 6.45) is 0.898. The molecule has 1 heterocycles. The average molecular weight is 434 g/mol. The number of nitrogens with one attached hydrogen (secondary N) is 2. The molecule has 1 aliphatic heterocycles. The number of anilines is 2. The Morgan fingerprint density at radius 2 is 2.00 bits per heavy atom. The molecule has 0 radical (unpaired) electrons. The SMILES string of the molecule is CCCOc1cccc(C(=O)NC(=S)Nc2cccc(Cl)c2N2CCOCC2)c1. The van der Waals surface area contributed by atoms with E-state index in [1.54, 1.807) is 18.2 Å². The number of thiocarbonyl (C=S) groups is 1. The largest absolute Gasteiger partial charge is 0.494 e. The van der Waals surface area contributed by atoms with E-state index in [4.69, 9.17) is 33.3 Å². The number of rotatable bonds is 6. The van der Waals surface area contributed by atoms with Crippen molar-refractivity contribution in [1.82, 2.24) is 5.32 Å². The third-order valence-electron chi connectivity index (χ3n) is 4.36. The lowest BCUT2D eigenvalue weighted by molar-refractivity contribution is 0.0977. The highest BCUT2D eigenvalue weighted by Gasteiger charge is 2.19. The van der Waals surface area contributed by atoms with E-state index in [1.165, 1.54) is 0 Å². The van der Waals surface area contributed by atoms with E-state index in [0.29, 0.717) is 36.2 Å². The molecule has 3 rings (SSSR count). The summed E-state index contributed by atoms with van der Waals surface area (Å²) in [6, 6.07) is 12.6. The van der Waals surface area contributed by atoms with E-state index in [1.807, 2.05) is 31.2 Å². The molecule has 154 valence electrons. The zero-order valence-electron chi connectivity index (χ0n) is 16.2. The van der Waals surface area contributed by atoms with Crippen molar-refractivity contribution >= 4 is 46.2 Å². The lowest BCUT2D eigenvalue weighted by atomic mass is 10.2. The maximum Gasteiger partial charge on any atom is 0.257 e. The Balaban J connectivity index is 1.68. The molecular weight excluding hydrogens is 410 g/mol. The topological polar surface area (TPSA) is 62.8 Å². The Labute approximate surface area is 181 Å². The van der Waals surface area contributed by atoms with Crippen molar-refractivity contribution in [3.8, 4) is 5.75 Å². The van der Waals surface area contributed by atoms with Gasteiger partial charge in [-0.15, -0.1) is 0 Å². The number of halogens is 1. The summed E-state index contributed by atoms with van der Waals surface area (Å²) in [5.74, 6) is 0.349. The first-order valence-electron chi connectivity index (χ1n) is 9.55. The molecular formula is C21H24ClN3O3S. The van der Waals surface area contributed by atoms with Gasteiger partial charge in [-0.3, -0.25) is 10.1 Å². The predicted octanol–water partition coefficient (Wildman–Crippen LogP) is 4.09. The van der Waals surface area contributed by atoms with Gasteiger partial charge in [0.1, 0.15) is 5.75 Å². The van der Waals surface area contributed by atoms with Crippen molar-refractivity contribution in [2.75, 3.05) is 43.1 Å². The second-order valence-corrected chi connectivity index (χ2v) is 7.34. The molecule has 29 heavy (non-hydrogen) atoms. The van der Waals surface area contributed by atoms with E-state index in [-0.39, 0.29) is 11.0 Å². The molecule has 0 unspecified atom stereocenters. The Hall–Kier alpha value is -2.35. The molecule has 2 aromatic carbocycles. The predicted molar refractivity (Wildman–Crippen MR) is 120 cm³/mol. The molecule has 6 nitrogen and oxygen atoms in total. The van der Waals surface area contributed by atoms with Crippen molar-refractivity contribution < 1.29 is 14.3 Å². The summed E-state index contributed by atoms with van der Waals surface area (Å²) in [5.41, 5.74) is 2.07. The normalized spacial score (nSPS) is 13.7. The van der Waals surface area contributed by atoms with Gasteiger partial charge in [-0.2, -0.15) is 0 Å². The van der Waals surface area contributed by atoms with Crippen LogP contribution < -0.4 is 20.3 Å². The Bertz CT molecular complexity index is 872. The van der Waals surface area contributed by atoms with Crippen molar-refractivity contribution in [3.63, 3.8) is 0 Å². The minimum Gasteiger partial charge on any atom is -0.494 e. The standard InChI is InChI=1S/C21H24ClN3O3S/c1-2-11-28-16-6-3-5-15(14-16)20(26)24-21(29)23-18-8-4-7-17(22)19(18)25-9-12-27-13-10-25/h3-8,14H,2,9-13H2,1H3,(H2,23,24,26,29). The van der Waals surface area contributed by atoms with Crippen LogP contribution in [0.4, 0.5) is 11.4 Å². The van der Waals surface area contributed by atoms with Crippen LogP contribution in [0.2, 0.25) is 5.02 Å². The minimum atomic E-state index is -0.306. The summed E-state index contributed by atoms with van der Waals surface area (Å²) in [5, 5.41) is 6.63. The van der Waals surface area contributed by atoms with Crippen LogP contribution in [-0.2, 0) is 4.74 Å². The molecule has 2 N–H and O–H groups in total. The van der Waals surface area contributed by atoms with Crippen LogP contribution in [0, 0.1) is 0 Å². The molecule has 2 aromatic rings. The fourth-order valence-corrected chi connectivity index (χ4v) is 3.50. The van der Waals surface area contributed by atoms with E-state index < -0.39 is 0 Å². The number of hydrogen-bond donors (Lipinski definition) is 2. The lowest BCUT2D eigenvalue weighted by Crippen LogP contribution is -2.38. The van der Waals surface area contributed by atoms with Crippen LogP contribution in [0.5, 0.6) is 5.75 Å². The number of hydrogen-bond acceptors (Lipinski definition) is 5. The highest BCUT2D eigenvalue weighted by atomic mass is 35.5. The second-order valence-electron chi connectivity index (χ2n) is 6.52. The first-order chi connectivity index (χ1) is 14.1. The molecule has 0 aromatic heterocycles. The van der Waals surface area contributed by atoms with Crippen LogP contribution in [0.1, 0.15) is 23.7 Å². The Morgan fingerprint density at radius 3 is 2.76 bits per heavy atom. The third-order valence-corrected chi connectivity index (χ3v) is 4.87. The van der Waals surface area contributed by atoms with Gasteiger partial charge in [0.25, 0.3) is 5.91 Å².